The third-order valence-corrected chi connectivity index (χ3v) is 8.99. The smallest absolute Gasteiger partial charge is 0.272 e. The van der Waals surface area contributed by atoms with Crippen molar-refractivity contribution in [2.75, 3.05) is 13.6 Å². The first-order chi connectivity index (χ1) is 21.0. The molecule has 1 heterocycles. The van der Waals surface area contributed by atoms with E-state index in [0.29, 0.717) is 6.54 Å². The van der Waals surface area contributed by atoms with Gasteiger partial charge in [-0.3, -0.25) is 9.69 Å². The Hall–Kier alpha value is -2.68. The van der Waals surface area contributed by atoms with Crippen LogP contribution in [0.3, 0.4) is 0 Å². The molecule has 5 atom stereocenters. The lowest BCUT2D eigenvalue weighted by Gasteiger charge is -2.43. The van der Waals surface area contributed by atoms with Gasteiger partial charge < -0.3 is 19.9 Å². The number of ether oxygens (including phenoxy) is 2. The molecular formula is C35H37Cl3N2O4. The molecule has 0 saturated carbocycles. The maximum Gasteiger partial charge on any atom is 0.272 e. The van der Waals surface area contributed by atoms with Gasteiger partial charge in [-0.05, 0) is 53.1 Å². The number of rotatable bonds is 9. The van der Waals surface area contributed by atoms with Crippen LogP contribution in [0, 0.1) is 5.92 Å². The number of hydrogen-bond acceptors (Lipinski definition) is 5. The van der Waals surface area contributed by atoms with Crippen molar-refractivity contribution in [1.82, 2.24) is 10.2 Å². The minimum absolute atomic E-state index is 0.0123. The van der Waals surface area contributed by atoms with E-state index in [0.717, 1.165) is 22.3 Å². The first-order valence-electron chi connectivity index (χ1n) is 14.7. The zero-order chi connectivity index (χ0) is 31.4. The Labute approximate surface area is 273 Å². The van der Waals surface area contributed by atoms with E-state index < -0.39 is 16.0 Å². The summed E-state index contributed by atoms with van der Waals surface area (Å²) >= 11 is 17.0. The lowest BCUT2D eigenvalue weighted by Crippen LogP contribution is -2.44. The molecule has 6 nitrogen and oxygen atoms in total. The van der Waals surface area contributed by atoms with Crippen LogP contribution in [0.2, 0.25) is 0 Å². The zero-order valence-corrected chi connectivity index (χ0v) is 27.2. The highest BCUT2D eigenvalue weighted by Gasteiger charge is 2.39. The lowest BCUT2D eigenvalue weighted by molar-refractivity contribution is -0.276. The molecule has 0 radical (unpaired) electrons. The number of nitrogens with one attached hydrogen (secondary N) is 1. The minimum Gasteiger partial charge on any atom is -0.392 e. The lowest BCUT2D eigenvalue weighted by atomic mass is 9.89. The normalized spacial score (nSPS) is 21.4. The fourth-order valence-electron chi connectivity index (χ4n) is 5.57. The van der Waals surface area contributed by atoms with E-state index in [1.165, 1.54) is 16.3 Å². The van der Waals surface area contributed by atoms with Crippen LogP contribution < -0.4 is 5.32 Å². The number of likely N-dealkylation sites (N-methyl/N-ethyl adjacent to an activating group) is 1. The van der Waals surface area contributed by atoms with Crippen molar-refractivity contribution in [3.05, 3.63) is 119 Å². The van der Waals surface area contributed by atoms with Gasteiger partial charge in [-0.1, -0.05) is 127 Å². The second-order valence-corrected chi connectivity index (χ2v) is 13.7. The number of carbonyl (C=O) groups excluding carboxylic acids is 1. The fraction of sp³-hybridized carbons (Fsp3) is 0.343. The predicted molar refractivity (Wildman–Crippen MR) is 177 cm³/mol. The number of nitrogens with zero attached hydrogens (tertiary/aromatic N) is 1. The monoisotopic (exact) mass is 654 g/mol. The maximum atomic E-state index is 11.9. The Bertz CT molecular complexity index is 1560. The molecule has 0 spiro atoms. The number of halogens is 3. The van der Waals surface area contributed by atoms with Crippen LogP contribution in [0.1, 0.15) is 60.1 Å². The van der Waals surface area contributed by atoms with E-state index in [-0.39, 0.29) is 37.3 Å². The van der Waals surface area contributed by atoms with Crippen molar-refractivity contribution in [2.45, 2.75) is 55.3 Å². The van der Waals surface area contributed by atoms with Gasteiger partial charge in [0.2, 0.25) is 0 Å². The molecule has 1 saturated heterocycles. The Morgan fingerprint density at radius 1 is 0.909 bits per heavy atom. The summed E-state index contributed by atoms with van der Waals surface area (Å²) in [7, 11) is 2.13. The standard InChI is InChI=1S/C35H37Cl3N2O4/c1-22-31(20-40(3)23(2)29-17-16-26-6-4-5-7-30(26)18-29)43-33(44-32(22)27-12-10-25(21-41)11-13-27)28-14-8-24(9-15-28)19-39-34(42)35(36,37)38/h4-18,22-23,31-33,41H,19-21H2,1-3H3,(H,39,42)/t22-,23-,31+,32+,33+/m1/s1. The van der Waals surface area contributed by atoms with Crippen LogP contribution in [-0.2, 0) is 27.4 Å². The highest BCUT2D eigenvalue weighted by Crippen LogP contribution is 2.42. The molecule has 1 aliphatic heterocycles. The largest absolute Gasteiger partial charge is 0.392 e. The number of aliphatic hydroxyl groups excluding tert-OH is 1. The summed E-state index contributed by atoms with van der Waals surface area (Å²) in [5, 5.41) is 14.6. The number of fused-ring (bicyclic) bond motifs is 1. The van der Waals surface area contributed by atoms with Gasteiger partial charge in [0.25, 0.3) is 9.70 Å². The van der Waals surface area contributed by atoms with Crippen LogP contribution >= 0.6 is 34.8 Å². The van der Waals surface area contributed by atoms with Gasteiger partial charge >= 0.3 is 0 Å². The number of amides is 1. The van der Waals surface area contributed by atoms with Gasteiger partial charge in [-0.2, -0.15) is 0 Å². The molecule has 4 aromatic rings. The summed E-state index contributed by atoms with van der Waals surface area (Å²) in [5.74, 6) is -0.631. The molecular weight excluding hydrogens is 619 g/mol. The zero-order valence-electron chi connectivity index (χ0n) is 24.9. The molecule has 0 bridgehead atoms. The summed E-state index contributed by atoms with van der Waals surface area (Å²) in [6, 6.07) is 30.8. The second-order valence-electron chi connectivity index (χ2n) is 11.5. The van der Waals surface area contributed by atoms with Gasteiger partial charge in [0.1, 0.15) is 0 Å². The first-order valence-corrected chi connectivity index (χ1v) is 15.8. The third kappa shape index (κ3) is 7.75. The van der Waals surface area contributed by atoms with Crippen molar-refractivity contribution >= 4 is 51.5 Å². The van der Waals surface area contributed by atoms with E-state index in [4.69, 9.17) is 44.3 Å². The molecule has 1 aliphatic rings. The number of benzene rings is 4. The fourth-order valence-corrected chi connectivity index (χ4v) is 5.77. The summed E-state index contributed by atoms with van der Waals surface area (Å²) < 4.78 is 11.3. The molecule has 0 aromatic heterocycles. The number of alkyl halides is 3. The SMILES string of the molecule is C[C@@H]1[C@H](CN(C)[C@H](C)c2ccc3ccccc3c2)O[C@H](c2ccc(CNC(=O)C(Cl)(Cl)Cl)cc2)O[C@@H]1c1ccc(CO)cc1. The Balaban J connectivity index is 1.35. The van der Waals surface area contributed by atoms with Crippen LogP contribution in [0.5, 0.6) is 0 Å². The van der Waals surface area contributed by atoms with Crippen molar-refractivity contribution < 1.29 is 19.4 Å². The molecule has 9 heteroatoms. The predicted octanol–water partition coefficient (Wildman–Crippen LogP) is 7.80. The third-order valence-electron chi connectivity index (χ3n) is 8.47. The number of carbonyl (C=O) groups is 1. The van der Waals surface area contributed by atoms with Crippen LogP contribution in [0.25, 0.3) is 10.8 Å². The summed E-state index contributed by atoms with van der Waals surface area (Å²) in [4.78, 5) is 14.3. The van der Waals surface area contributed by atoms with Crippen LogP contribution in [0.4, 0.5) is 0 Å². The first kappa shape index (κ1) is 32.7. The highest BCUT2D eigenvalue weighted by atomic mass is 35.6. The highest BCUT2D eigenvalue weighted by molar-refractivity contribution is 6.76. The molecule has 232 valence electrons. The van der Waals surface area contributed by atoms with E-state index in [2.05, 4.69) is 73.6 Å². The molecule has 1 fully saturated rings. The van der Waals surface area contributed by atoms with E-state index >= 15 is 0 Å². The molecule has 44 heavy (non-hydrogen) atoms. The minimum atomic E-state index is -2.02. The molecule has 2 N–H and O–H groups in total. The van der Waals surface area contributed by atoms with Crippen molar-refractivity contribution in [3.63, 3.8) is 0 Å². The summed E-state index contributed by atoms with van der Waals surface area (Å²) in [5.41, 5.74) is 4.83. The maximum absolute atomic E-state index is 11.9. The molecule has 4 aromatic carbocycles. The van der Waals surface area contributed by atoms with Crippen molar-refractivity contribution in [1.29, 1.82) is 0 Å². The summed E-state index contributed by atoms with van der Waals surface area (Å²) in [6.45, 7) is 5.28. The van der Waals surface area contributed by atoms with Gasteiger partial charge in [0, 0.05) is 30.6 Å². The number of hydrogen-bond donors (Lipinski definition) is 2. The van der Waals surface area contributed by atoms with Crippen molar-refractivity contribution in [2.24, 2.45) is 5.92 Å². The Morgan fingerprint density at radius 3 is 2.20 bits per heavy atom. The number of aliphatic hydroxyl groups is 1. The molecule has 5 rings (SSSR count). The van der Waals surface area contributed by atoms with Gasteiger partial charge in [0.05, 0.1) is 18.8 Å². The molecule has 1 amide bonds. The van der Waals surface area contributed by atoms with Crippen molar-refractivity contribution in [3.8, 4) is 0 Å². The van der Waals surface area contributed by atoms with Crippen LogP contribution in [0.15, 0.2) is 91.0 Å². The second kappa shape index (κ2) is 14.2. The summed E-state index contributed by atoms with van der Waals surface area (Å²) in [6.07, 6.45) is -0.959. The van der Waals surface area contributed by atoms with Gasteiger partial charge in [0.15, 0.2) is 6.29 Å². The van der Waals surface area contributed by atoms with Gasteiger partial charge in [-0.15, -0.1) is 0 Å². The average molecular weight is 656 g/mol. The Morgan fingerprint density at radius 2 is 1.55 bits per heavy atom. The van der Waals surface area contributed by atoms with E-state index in [1.807, 2.05) is 48.5 Å². The topological polar surface area (TPSA) is 71.0 Å². The molecule has 0 unspecified atom stereocenters. The van der Waals surface area contributed by atoms with E-state index in [9.17, 15) is 9.90 Å². The average Bonchev–Trinajstić information content (AvgIpc) is 3.03. The molecule has 0 aliphatic carbocycles. The Kier molecular flexibility index (Phi) is 10.5. The quantitative estimate of drug-likeness (QED) is 0.180. The van der Waals surface area contributed by atoms with Gasteiger partial charge in [-0.25, -0.2) is 0 Å². The van der Waals surface area contributed by atoms with E-state index in [1.54, 1.807) is 0 Å². The van der Waals surface area contributed by atoms with Crippen LogP contribution in [-0.4, -0.2) is 39.4 Å².